The lowest BCUT2D eigenvalue weighted by Crippen LogP contribution is -2.26. The van der Waals surface area contributed by atoms with Crippen molar-refractivity contribution >= 4 is 21.8 Å². The first-order valence-electron chi connectivity index (χ1n) is 6.53. The summed E-state index contributed by atoms with van der Waals surface area (Å²) in [4.78, 5) is 14.2. The third kappa shape index (κ3) is 3.28. The second-order valence-corrected chi connectivity index (χ2v) is 5.72. The average Bonchev–Trinajstić information content (AvgIpc) is 2.79. The van der Waals surface area contributed by atoms with Gasteiger partial charge in [-0.3, -0.25) is 9.48 Å². The first-order chi connectivity index (χ1) is 9.51. The van der Waals surface area contributed by atoms with Crippen molar-refractivity contribution in [1.29, 1.82) is 0 Å². The molecule has 106 valence electrons. The van der Waals surface area contributed by atoms with E-state index in [9.17, 15) is 4.79 Å². The molecular formula is C15H18BrN3O. The van der Waals surface area contributed by atoms with Gasteiger partial charge in [-0.25, -0.2) is 0 Å². The number of nitrogens with zero attached hydrogens (tertiary/aromatic N) is 3. The Morgan fingerprint density at radius 3 is 2.85 bits per heavy atom. The lowest BCUT2D eigenvalue weighted by Gasteiger charge is -2.17. The highest BCUT2D eigenvalue weighted by Crippen LogP contribution is 2.15. The zero-order valence-corrected chi connectivity index (χ0v) is 13.5. The van der Waals surface area contributed by atoms with Crippen molar-refractivity contribution in [1.82, 2.24) is 14.7 Å². The van der Waals surface area contributed by atoms with Crippen LogP contribution in [0.2, 0.25) is 0 Å². The molecule has 0 unspecified atom stereocenters. The molecule has 1 amide bonds. The molecule has 0 spiro atoms. The van der Waals surface area contributed by atoms with Gasteiger partial charge in [-0.1, -0.05) is 35.0 Å². The van der Waals surface area contributed by atoms with E-state index in [2.05, 4.69) is 21.0 Å². The Morgan fingerprint density at radius 1 is 1.45 bits per heavy atom. The predicted octanol–water partition coefficient (Wildman–Crippen LogP) is 3.02. The Labute approximate surface area is 127 Å². The number of rotatable bonds is 4. The standard InChI is InChI=1S/C15H18BrN3O/c1-4-14-13(10-19(3)17-14)15(20)18(2)9-11-6-5-7-12(16)8-11/h5-8,10H,4,9H2,1-3H3. The summed E-state index contributed by atoms with van der Waals surface area (Å²) >= 11 is 3.44. The smallest absolute Gasteiger partial charge is 0.257 e. The number of carbonyl (C=O) groups is 1. The van der Waals surface area contributed by atoms with Crippen molar-refractivity contribution in [3.05, 3.63) is 51.8 Å². The molecule has 0 N–H and O–H groups in total. The highest BCUT2D eigenvalue weighted by atomic mass is 79.9. The molecular weight excluding hydrogens is 318 g/mol. The zero-order chi connectivity index (χ0) is 14.7. The number of amides is 1. The van der Waals surface area contributed by atoms with Crippen LogP contribution >= 0.6 is 15.9 Å². The summed E-state index contributed by atoms with van der Waals surface area (Å²) < 4.78 is 2.71. The highest BCUT2D eigenvalue weighted by molar-refractivity contribution is 9.10. The molecule has 20 heavy (non-hydrogen) atoms. The third-order valence-corrected chi connectivity index (χ3v) is 3.62. The van der Waals surface area contributed by atoms with E-state index in [-0.39, 0.29) is 5.91 Å². The minimum absolute atomic E-state index is 0.00919. The van der Waals surface area contributed by atoms with Gasteiger partial charge in [0.2, 0.25) is 0 Å². The van der Waals surface area contributed by atoms with Gasteiger partial charge in [0.25, 0.3) is 5.91 Å². The minimum Gasteiger partial charge on any atom is -0.337 e. The van der Waals surface area contributed by atoms with Gasteiger partial charge >= 0.3 is 0 Å². The van der Waals surface area contributed by atoms with Gasteiger partial charge in [0.1, 0.15) is 0 Å². The number of benzene rings is 1. The Hall–Kier alpha value is -1.62. The van der Waals surface area contributed by atoms with Gasteiger partial charge in [-0.2, -0.15) is 5.10 Å². The van der Waals surface area contributed by atoms with E-state index in [1.165, 1.54) is 0 Å². The summed E-state index contributed by atoms with van der Waals surface area (Å²) in [5.41, 5.74) is 2.63. The molecule has 0 radical (unpaired) electrons. The van der Waals surface area contributed by atoms with Crippen molar-refractivity contribution in [2.24, 2.45) is 7.05 Å². The van der Waals surface area contributed by atoms with Crippen LogP contribution in [-0.2, 0) is 20.0 Å². The van der Waals surface area contributed by atoms with E-state index >= 15 is 0 Å². The van der Waals surface area contributed by atoms with Crippen LogP contribution in [0.1, 0.15) is 28.5 Å². The van der Waals surface area contributed by atoms with Gasteiger partial charge in [-0.05, 0) is 24.1 Å². The Morgan fingerprint density at radius 2 is 2.20 bits per heavy atom. The lowest BCUT2D eigenvalue weighted by atomic mass is 10.1. The lowest BCUT2D eigenvalue weighted by molar-refractivity contribution is 0.0784. The number of halogens is 1. The van der Waals surface area contributed by atoms with Crippen LogP contribution in [0.15, 0.2) is 34.9 Å². The average molecular weight is 336 g/mol. The van der Waals surface area contributed by atoms with E-state index in [1.54, 1.807) is 15.8 Å². The topological polar surface area (TPSA) is 38.1 Å². The van der Waals surface area contributed by atoms with Gasteiger partial charge in [0.15, 0.2) is 0 Å². The molecule has 0 saturated carbocycles. The Bertz CT molecular complexity index is 621. The van der Waals surface area contributed by atoms with Crippen LogP contribution in [-0.4, -0.2) is 27.6 Å². The van der Waals surface area contributed by atoms with Crippen molar-refractivity contribution < 1.29 is 4.79 Å². The molecule has 1 aromatic carbocycles. The fourth-order valence-electron chi connectivity index (χ4n) is 2.16. The molecule has 0 fully saturated rings. The summed E-state index contributed by atoms with van der Waals surface area (Å²) in [5.74, 6) is 0.00919. The quantitative estimate of drug-likeness (QED) is 0.861. The first-order valence-corrected chi connectivity index (χ1v) is 7.33. The summed E-state index contributed by atoms with van der Waals surface area (Å²) in [6.45, 7) is 2.59. The van der Waals surface area contributed by atoms with E-state index in [0.717, 1.165) is 22.2 Å². The molecule has 0 aliphatic heterocycles. The maximum atomic E-state index is 12.5. The molecule has 2 rings (SSSR count). The normalized spacial score (nSPS) is 10.6. The minimum atomic E-state index is 0.00919. The molecule has 0 aliphatic rings. The van der Waals surface area contributed by atoms with E-state index in [1.807, 2.05) is 45.3 Å². The molecule has 0 atom stereocenters. The molecule has 0 saturated heterocycles. The monoisotopic (exact) mass is 335 g/mol. The second kappa shape index (κ2) is 6.22. The van der Waals surface area contributed by atoms with Crippen LogP contribution < -0.4 is 0 Å². The third-order valence-electron chi connectivity index (χ3n) is 3.13. The maximum absolute atomic E-state index is 12.5. The zero-order valence-electron chi connectivity index (χ0n) is 11.9. The van der Waals surface area contributed by atoms with Crippen LogP contribution in [0.3, 0.4) is 0 Å². The second-order valence-electron chi connectivity index (χ2n) is 4.81. The maximum Gasteiger partial charge on any atom is 0.257 e. The van der Waals surface area contributed by atoms with Crippen molar-refractivity contribution in [2.45, 2.75) is 19.9 Å². The Kier molecular flexibility index (Phi) is 4.60. The molecule has 0 aliphatic carbocycles. The van der Waals surface area contributed by atoms with Gasteiger partial charge in [0, 0.05) is 31.3 Å². The summed E-state index contributed by atoms with van der Waals surface area (Å²) in [6.07, 6.45) is 2.55. The number of carbonyl (C=O) groups excluding carboxylic acids is 1. The number of aromatic nitrogens is 2. The van der Waals surface area contributed by atoms with Crippen LogP contribution in [0, 0.1) is 0 Å². The molecule has 1 heterocycles. The number of hydrogen-bond acceptors (Lipinski definition) is 2. The Balaban J connectivity index is 2.16. The predicted molar refractivity (Wildman–Crippen MR) is 82.5 cm³/mol. The molecule has 0 bridgehead atoms. The largest absolute Gasteiger partial charge is 0.337 e. The number of aryl methyl sites for hydroxylation is 2. The molecule has 1 aromatic heterocycles. The summed E-state index contributed by atoms with van der Waals surface area (Å²) in [6, 6.07) is 7.98. The number of hydrogen-bond donors (Lipinski definition) is 0. The van der Waals surface area contributed by atoms with Crippen molar-refractivity contribution in [3.63, 3.8) is 0 Å². The fraction of sp³-hybridized carbons (Fsp3) is 0.333. The molecule has 4 nitrogen and oxygen atoms in total. The molecule has 5 heteroatoms. The van der Waals surface area contributed by atoms with Gasteiger partial charge in [-0.15, -0.1) is 0 Å². The van der Waals surface area contributed by atoms with Crippen LogP contribution in [0.4, 0.5) is 0 Å². The van der Waals surface area contributed by atoms with Gasteiger partial charge < -0.3 is 4.90 Å². The SMILES string of the molecule is CCc1nn(C)cc1C(=O)N(C)Cc1cccc(Br)c1. The van der Waals surface area contributed by atoms with Crippen molar-refractivity contribution in [2.75, 3.05) is 7.05 Å². The summed E-state index contributed by atoms with van der Waals surface area (Å²) in [7, 11) is 3.65. The van der Waals surface area contributed by atoms with E-state index in [0.29, 0.717) is 12.1 Å². The van der Waals surface area contributed by atoms with Crippen LogP contribution in [0.5, 0.6) is 0 Å². The fourth-order valence-corrected chi connectivity index (χ4v) is 2.61. The van der Waals surface area contributed by atoms with Gasteiger partial charge in [0.05, 0.1) is 11.3 Å². The van der Waals surface area contributed by atoms with E-state index < -0.39 is 0 Å². The highest BCUT2D eigenvalue weighted by Gasteiger charge is 2.18. The van der Waals surface area contributed by atoms with E-state index in [4.69, 9.17) is 0 Å². The van der Waals surface area contributed by atoms with Crippen molar-refractivity contribution in [3.8, 4) is 0 Å². The summed E-state index contributed by atoms with van der Waals surface area (Å²) in [5, 5.41) is 4.32. The first kappa shape index (κ1) is 14.8. The van der Waals surface area contributed by atoms with Crippen LogP contribution in [0.25, 0.3) is 0 Å². The molecule has 2 aromatic rings.